The summed E-state index contributed by atoms with van der Waals surface area (Å²) in [6, 6.07) is 7.72. The highest BCUT2D eigenvalue weighted by molar-refractivity contribution is 5.27. The lowest BCUT2D eigenvalue weighted by Crippen LogP contribution is -1.97. The predicted octanol–water partition coefficient (Wildman–Crippen LogP) is 1.12. The van der Waals surface area contributed by atoms with E-state index in [1.165, 1.54) is 0 Å². The zero-order valence-electron chi connectivity index (χ0n) is 8.73. The minimum Gasteiger partial charge on any atom is -0.490 e. The lowest BCUT2D eigenvalue weighted by Gasteiger charge is -2.04. The molecule has 0 aliphatic rings. The van der Waals surface area contributed by atoms with Crippen LogP contribution in [-0.2, 0) is 6.42 Å². The zero-order valence-corrected chi connectivity index (χ0v) is 8.73. The van der Waals surface area contributed by atoms with Crippen molar-refractivity contribution < 1.29 is 9.84 Å². The molecule has 3 heteroatoms. The molecule has 0 aliphatic heterocycles. The van der Waals surface area contributed by atoms with Gasteiger partial charge in [-0.2, -0.15) is 0 Å². The molecule has 3 nitrogen and oxygen atoms in total. The predicted molar refractivity (Wildman–Crippen MR) is 60.9 cm³/mol. The first-order valence-corrected chi connectivity index (χ1v) is 5.04. The number of benzene rings is 1. The van der Waals surface area contributed by atoms with E-state index in [4.69, 9.17) is 15.6 Å². The van der Waals surface area contributed by atoms with Gasteiger partial charge in [0.05, 0.1) is 0 Å². The lowest BCUT2D eigenvalue weighted by atomic mass is 10.1. The maximum Gasteiger partial charge on any atom is 0.119 e. The molecule has 0 saturated heterocycles. The average molecular weight is 207 g/mol. The third-order valence-electron chi connectivity index (χ3n) is 1.97. The van der Waals surface area contributed by atoms with E-state index in [9.17, 15) is 0 Å². The molecule has 0 spiro atoms. The van der Waals surface area contributed by atoms with Gasteiger partial charge in [-0.25, -0.2) is 0 Å². The molecule has 0 atom stereocenters. The van der Waals surface area contributed by atoms with Gasteiger partial charge < -0.3 is 15.6 Å². The largest absolute Gasteiger partial charge is 0.490 e. The van der Waals surface area contributed by atoms with Crippen molar-refractivity contribution in [2.45, 2.75) is 6.42 Å². The standard InChI is InChI=1S/C12H17NO2/c13-8-1-2-10-15-12-5-3-11(4-6-12)7-9-14/h1-6,14H,7-10,13H2/b2-1+. The fourth-order valence-corrected chi connectivity index (χ4v) is 1.19. The van der Waals surface area contributed by atoms with Crippen LogP contribution in [0, 0.1) is 0 Å². The van der Waals surface area contributed by atoms with Crippen LogP contribution in [0.1, 0.15) is 5.56 Å². The topological polar surface area (TPSA) is 55.5 Å². The van der Waals surface area contributed by atoms with Crippen molar-refractivity contribution in [3.63, 3.8) is 0 Å². The Kier molecular flexibility index (Phi) is 5.51. The normalized spacial score (nSPS) is 10.8. The SMILES string of the molecule is NC/C=C/COc1ccc(CCO)cc1. The van der Waals surface area contributed by atoms with Crippen LogP contribution < -0.4 is 10.5 Å². The van der Waals surface area contributed by atoms with Gasteiger partial charge in [0.25, 0.3) is 0 Å². The Hall–Kier alpha value is -1.32. The van der Waals surface area contributed by atoms with Crippen LogP contribution in [0.5, 0.6) is 5.75 Å². The maximum atomic E-state index is 8.74. The number of ether oxygens (including phenoxy) is 1. The Labute approximate surface area is 90.2 Å². The summed E-state index contributed by atoms with van der Waals surface area (Å²) in [5, 5.41) is 8.74. The first-order chi connectivity index (χ1) is 7.36. The summed E-state index contributed by atoms with van der Waals surface area (Å²) in [6.07, 6.45) is 4.44. The summed E-state index contributed by atoms with van der Waals surface area (Å²) in [7, 11) is 0. The minimum absolute atomic E-state index is 0.180. The van der Waals surface area contributed by atoms with Crippen molar-refractivity contribution in [1.82, 2.24) is 0 Å². The summed E-state index contributed by atoms with van der Waals surface area (Å²) in [6.45, 7) is 1.26. The van der Waals surface area contributed by atoms with Gasteiger partial charge in [0, 0.05) is 13.2 Å². The van der Waals surface area contributed by atoms with Crippen LogP contribution in [0.25, 0.3) is 0 Å². The van der Waals surface area contributed by atoms with E-state index in [0.717, 1.165) is 11.3 Å². The molecule has 1 aromatic rings. The number of aliphatic hydroxyl groups excluding tert-OH is 1. The second-order valence-electron chi connectivity index (χ2n) is 3.14. The summed E-state index contributed by atoms with van der Waals surface area (Å²) in [4.78, 5) is 0. The highest BCUT2D eigenvalue weighted by atomic mass is 16.5. The van der Waals surface area contributed by atoms with Gasteiger partial charge in [-0.1, -0.05) is 24.3 Å². The third-order valence-corrected chi connectivity index (χ3v) is 1.97. The Bertz CT molecular complexity index is 293. The molecule has 0 amide bonds. The van der Waals surface area contributed by atoms with E-state index in [2.05, 4.69) is 0 Å². The molecule has 0 aromatic heterocycles. The number of aliphatic hydroxyl groups is 1. The maximum absolute atomic E-state index is 8.74. The third kappa shape index (κ3) is 4.63. The monoisotopic (exact) mass is 207 g/mol. The average Bonchev–Trinajstić information content (AvgIpc) is 2.27. The molecule has 1 rings (SSSR count). The molecule has 0 heterocycles. The van der Waals surface area contributed by atoms with Crippen molar-refractivity contribution >= 4 is 0 Å². The molecular weight excluding hydrogens is 190 g/mol. The molecule has 82 valence electrons. The minimum atomic E-state index is 0.180. The first-order valence-electron chi connectivity index (χ1n) is 5.04. The quantitative estimate of drug-likeness (QED) is 0.687. The van der Waals surface area contributed by atoms with Gasteiger partial charge in [-0.3, -0.25) is 0 Å². The van der Waals surface area contributed by atoms with Crippen molar-refractivity contribution in [3.05, 3.63) is 42.0 Å². The van der Waals surface area contributed by atoms with Crippen LogP contribution in [-0.4, -0.2) is 24.9 Å². The van der Waals surface area contributed by atoms with Crippen molar-refractivity contribution in [1.29, 1.82) is 0 Å². The van der Waals surface area contributed by atoms with Crippen LogP contribution in [0.2, 0.25) is 0 Å². The molecule has 1 aromatic carbocycles. The van der Waals surface area contributed by atoms with E-state index in [1.54, 1.807) is 0 Å². The van der Waals surface area contributed by atoms with Gasteiger partial charge in [0.2, 0.25) is 0 Å². The summed E-state index contributed by atoms with van der Waals surface area (Å²) >= 11 is 0. The van der Waals surface area contributed by atoms with E-state index in [-0.39, 0.29) is 6.61 Å². The van der Waals surface area contributed by atoms with Crippen LogP contribution in [0.3, 0.4) is 0 Å². The number of rotatable bonds is 6. The number of nitrogens with two attached hydrogens (primary N) is 1. The Morgan fingerprint density at radius 2 is 1.93 bits per heavy atom. The lowest BCUT2D eigenvalue weighted by molar-refractivity contribution is 0.299. The first kappa shape index (κ1) is 11.8. The van der Waals surface area contributed by atoms with Gasteiger partial charge in [-0.15, -0.1) is 0 Å². The number of hydrogen-bond acceptors (Lipinski definition) is 3. The molecule has 0 saturated carbocycles. The van der Waals surface area contributed by atoms with Crippen molar-refractivity contribution in [2.24, 2.45) is 5.73 Å². The summed E-state index contributed by atoms with van der Waals surface area (Å²) in [5.41, 5.74) is 6.41. The highest BCUT2D eigenvalue weighted by Crippen LogP contribution is 2.12. The number of hydrogen-bond donors (Lipinski definition) is 2. The molecule has 3 N–H and O–H groups in total. The zero-order chi connectivity index (χ0) is 10.9. The van der Waals surface area contributed by atoms with Crippen molar-refractivity contribution in [3.8, 4) is 5.75 Å². The second-order valence-corrected chi connectivity index (χ2v) is 3.14. The molecule has 0 bridgehead atoms. The molecule has 0 aliphatic carbocycles. The van der Waals surface area contributed by atoms with Gasteiger partial charge in [-0.05, 0) is 24.1 Å². The molecule has 0 fully saturated rings. The van der Waals surface area contributed by atoms with E-state index >= 15 is 0 Å². The fourth-order valence-electron chi connectivity index (χ4n) is 1.19. The summed E-state index contributed by atoms with van der Waals surface area (Å²) in [5.74, 6) is 0.832. The van der Waals surface area contributed by atoms with Gasteiger partial charge in [0.15, 0.2) is 0 Å². The van der Waals surface area contributed by atoms with Crippen molar-refractivity contribution in [2.75, 3.05) is 19.8 Å². The Morgan fingerprint density at radius 3 is 2.53 bits per heavy atom. The Morgan fingerprint density at radius 1 is 1.20 bits per heavy atom. The van der Waals surface area contributed by atoms with Gasteiger partial charge in [0.1, 0.15) is 12.4 Å². The highest BCUT2D eigenvalue weighted by Gasteiger charge is 1.93. The fraction of sp³-hybridized carbons (Fsp3) is 0.333. The Balaban J connectivity index is 2.39. The second kappa shape index (κ2) is 7.04. The molecular formula is C12H17NO2. The van der Waals surface area contributed by atoms with Gasteiger partial charge >= 0.3 is 0 Å². The smallest absolute Gasteiger partial charge is 0.119 e. The van der Waals surface area contributed by atoms with E-state index in [0.29, 0.717) is 19.6 Å². The summed E-state index contributed by atoms with van der Waals surface area (Å²) < 4.78 is 5.44. The van der Waals surface area contributed by atoms with Crippen LogP contribution in [0.4, 0.5) is 0 Å². The van der Waals surface area contributed by atoms with Crippen LogP contribution >= 0.6 is 0 Å². The molecule has 15 heavy (non-hydrogen) atoms. The van der Waals surface area contributed by atoms with Crippen LogP contribution in [0.15, 0.2) is 36.4 Å². The molecule has 0 radical (unpaired) electrons. The van der Waals surface area contributed by atoms with E-state index in [1.807, 2.05) is 36.4 Å². The van der Waals surface area contributed by atoms with E-state index < -0.39 is 0 Å². The molecule has 0 unspecified atom stereocenters.